The number of amides is 1. The molecule has 1 amide bonds. The van der Waals surface area contributed by atoms with Gasteiger partial charge in [-0.05, 0) is 13.8 Å². The number of carbonyl (C=O) groups is 2. The van der Waals surface area contributed by atoms with Gasteiger partial charge in [-0.15, -0.1) is 0 Å². The molecule has 0 saturated carbocycles. The van der Waals surface area contributed by atoms with Gasteiger partial charge in [0, 0.05) is 13.1 Å². The van der Waals surface area contributed by atoms with Gasteiger partial charge in [0.25, 0.3) is 0 Å². The summed E-state index contributed by atoms with van der Waals surface area (Å²) in [6.45, 7) is 3.72. The standard InChI is InChI=1S/C8H14FNO2/c1-3-10(4-2)8(12)5-7(11)6-9/h3-6H2,1-2H3. The Morgan fingerprint density at radius 1 is 1.25 bits per heavy atom. The molecule has 12 heavy (non-hydrogen) atoms. The van der Waals surface area contributed by atoms with Crippen molar-refractivity contribution in [1.82, 2.24) is 4.90 Å². The molecule has 0 bridgehead atoms. The molecule has 0 heterocycles. The van der Waals surface area contributed by atoms with Crippen LogP contribution in [0.3, 0.4) is 0 Å². The molecule has 0 fully saturated rings. The Morgan fingerprint density at radius 2 is 1.75 bits per heavy atom. The van der Waals surface area contributed by atoms with E-state index in [1.54, 1.807) is 0 Å². The van der Waals surface area contributed by atoms with E-state index < -0.39 is 12.5 Å². The summed E-state index contributed by atoms with van der Waals surface area (Å²) in [6.07, 6.45) is -0.307. The number of ketones is 1. The summed E-state index contributed by atoms with van der Waals surface area (Å²) in [5, 5.41) is 0. The van der Waals surface area contributed by atoms with Crippen LogP contribution in [0, 0.1) is 0 Å². The van der Waals surface area contributed by atoms with Crippen molar-refractivity contribution in [3.63, 3.8) is 0 Å². The van der Waals surface area contributed by atoms with Gasteiger partial charge in [0.2, 0.25) is 5.91 Å². The third-order valence-corrected chi connectivity index (χ3v) is 1.61. The minimum Gasteiger partial charge on any atom is -0.343 e. The Balaban J connectivity index is 3.92. The molecule has 0 aliphatic carbocycles. The van der Waals surface area contributed by atoms with Crippen molar-refractivity contribution in [2.75, 3.05) is 19.8 Å². The number of hydrogen-bond donors (Lipinski definition) is 0. The summed E-state index contributed by atoms with van der Waals surface area (Å²) in [7, 11) is 0. The fraction of sp³-hybridized carbons (Fsp3) is 0.750. The zero-order valence-corrected chi connectivity index (χ0v) is 7.47. The fourth-order valence-corrected chi connectivity index (χ4v) is 0.904. The molecule has 0 aromatic carbocycles. The lowest BCUT2D eigenvalue weighted by molar-refractivity contribution is -0.135. The van der Waals surface area contributed by atoms with Crippen molar-refractivity contribution in [3.05, 3.63) is 0 Å². The molecule has 0 spiro atoms. The van der Waals surface area contributed by atoms with Gasteiger partial charge in [0.05, 0.1) is 6.42 Å². The normalized spacial score (nSPS) is 9.58. The monoisotopic (exact) mass is 175 g/mol. The highest BCUT2D eigenvalue weighted by Gasteiger charge is 2.13. The topological polar surface area (TPSA) is 37.4 Å². The van der Waals surface area contributed by atoms with Crippen molar-refractivity contribution in [2.45, 2.75) is 20.3 Å². The minimum atomic E-state index is -1.05. The lowest BCUT2D eigenvalue weighted by atomic mass is 10.2. The molecule has 0 atom stereocenters. The second-order valence-corrected chi connectivity index (χ2v) is 2.42. The van der Waals surface area contributed by atoms with Crippen molar-refractivity contribution < 1.29 is 14.0 Å². The van der Waals surface area contributed by atoms with E-state index in [4.69, 9.17) is 0 Å². The van der Waals surface area contributed by atoms with E-state index in [1.165, 1.54) is 4.90 Å². The van der Waals surface area contributed by atoms with Crippen LogP contribution < -0.4 is 0 Å². The first-order valence-corrected chi connectivity index (χ1v) is 4.01. The first-order valence-electron chi connectivity index (χ1n) is 4.01. The van der Waals surface area contributed by atoms with Crippen molar-refractivity contribution in [1.29, 1.82) is 0 Å². The second-order valence-electron chi connectivity index (χ2n) is 2.42. The average Bonchev–Trinajstić information content (AvgIpc) is 2.06. The maximum atomic E-state index is 11.7. The Labute approximate surface area is 71.5 Å². The third-order valence-electron chi connectivity index (χ3n) is 1.61. The molecule has 3 nitrogen and oxygen atoms in total. The van der Waals surface area contributed by atoms with Gasteiger partial charge in [-0.25, -0.2) is 4.39 Å². The summed E-state index contributed by atoms with van der Waals surface area (Å²) in [5.74, 6) is -0.936. The highest BCUT2D eigenvalue weighted by molar-refractivity contribution is 5.98. The largest absolute Gasteiger partial charge is 0.343 e. The highest BCUT2D eigenvalue weighted by Crippen LogP contribution is 1.95. The molecule has 0 unspecified atom stereocenters. The first kappa shape index (κ1) is 11.1. The maximum absolute atomic E-state index is 11.7. The molecule has 0 radical (unpaired) electrons. The summed E-state index contributed by atoms with van der Waals surface area (Å²) in [6, 6.07) is 0. The van der Waals surface area contributed by atoms with E-state index in [-0.39, 0.29) is 12.3 Å². The number of carbonyl (C=O) groups excluding carboxylic acids is 2. The number of nitrogens with zero attached hydrogens (tertiary/aromatic N) is 1. The maximum Gasteiger partial charge on any atom is 0.230 e. The van der Waals surface area contributed by atoms with Gasteiger partial charge >= 0.3 is 0 Å². The summed E-state index contributed by atoms with van der Waals surface area (Å²) >= 11 is 0. The van der Waals surface area contributed by atoms with Crippen LogP contribution in [-0.4, -0.2) is 36.4 Å². The van der Waals surface area contributed by atoms with E-state index >= 15 is 0 Å². The van der Waals surface area contributed by atoms with Crippen LogP contribution in [-0.2, 0) is 9.59 Å². The van der Waals surface area contributed by atoms with E-state index in [1.807, 2.05) is 13.8 Å². The van der Waals surface area contributed by atoms with Crippen LogP contribution >= 0.6 is 0 Å². The number of Topliss-reactive ketones (excluding diaryl/α,β-unsaturated/α-hetero) is 1. The van der Waals surface area contributed by atoms with Crippen LogP contribution in [0.2, 0.25) is 0 Å². The smallest absolute Gasteiger partial charge is 0.230 e. The van der Waals surface area contributed by atoms with Crippen LogP contribution in [0.15, 0.2) is 0 Å². The molecular formula is C8H14FNO2. The van der Waals surface area contributed by atoms with E-state index in [0.717, 1.165) is 0 Å². The summed E-state index contributed by atoms with van der Waals surface area (Å²) < 4.78 is 11.7. The Morgan fingerprint density at radius 3 is 2.08 bits per heavy atom. The average molecular weight is 175 g/mol. The van der Waals surface area contributed by atoms with Gasteiger partial charge < -0.3 is 4.90 Å². The molecule has 0 aliphatic heterocycles. The van der Waals surface area contributed by atoms with Gasteiger partial charge in [-0.2, -0.15) is 0 Å². The lowest BCUT2D eigenvalue weighted by Gasteiger charge is -2.17. The zero-order chi connectivity index (χ0) is 9.56. The molecule has 70 valence electrons. The first-order chi connectivity index (χ1) is 5.65. The van der Waals surface area contributed by atoms with Gasteiger partial charge in [-0.3, -0.25) is 9.59 Å². The number of rotatable bonds is 5. The summed E-state index contributed by atoms with van der Waals surface area (Å²) in [4.78, 5) is 23.2. The van der Waals surface area contributed by atoms with Crippen molar-refractivity contribution in [3.8, 4) is 0 Å². The molecule has 0 aromatic heterocycles. The molecule has 0 aliphatic rings. The van der Waals surface area contributed by atoms with Crippen molar-refractivity contribution in [2.24, 2.45) is 0 Å². The number of alkyl halides is 1. The molecule has 0 aromatic rings. The second kappa shape index (κ2) is 5.69. The third kappa shape index (κ3) is 3.46. The predicted molar refractivity (Wildman–Crippen MR) is 43.5 cm³/mol. The molecule has 4 heteroatoms. The van der Waals surface area contributed by atoms with Crippen LogP contribution in [0.5, 0.6) is 0 Å². The van der Waals surface area contributed by atoms with Gasteiger partial charge in [0.15, 0.2) is 5.78 Å². The Kier molecular flexibility index (Phi) is 5.25. The quantitative estimate of drug-likeness (QED) is 0.579. The van der Waals surface area contributed by atoms with Gasteiger partial charge in [-0.1, -0.05) is 0 Å². The zero-order valence-electron chi connectivity index (χ0n) is 7.47. The molecular weight excluding hydrogens is 161 g/mol. The molecule has 0 saturated heterocycles. The SMILES string of the molecule is CCN(CC)C(=O)CC(=O)CF. The number of halogens is 1. The number of hydrogen-bond acceptors (Lipinski definition) is 2. The fourth-order valence-electron chi connectivity index (χ4n) is 0.904. The lowest BCUT2D eigenvalue weighted by Crippen LogP contribution is -2.32. The summed E-state index contributed by atoms with van der Waals surface area (Å²) in [5.41, 5.74) is 0. The Bertz CT molecular complexity index is 166. The van der Waals surface area contributed by atoms with Crippen molar-refractivity contribution >= 4 is 11.7 Å². The molecule has 0 N–H and O–H groups in total. The minimum absolute atomic E-state index is 0.289. The predicted octanol–water partition coefficient (Wildman–Crippen LogP) is 0.783. The van der Waals surface area contributed by atoms with Crippen LogP contribution in [0.1, 0.15) is 20.3 Å². The van der Waals surface area contributed by atoms with Crippen LogP contribution in [0.4, 0.5) is 4.39 Å². The van der Waals surface area contributed by atoms with E-state index in [9.17, 15) is 14.0 Å². The van der Waals surface area contributed by atoms with Gasteiger partial charge in [0.1, 0.15) is 6.67 Å². The van der Waals surface area contributed by atoms with Crippen LogP contribution in [0.25, 0.3) is 0 Å². The van der Waals surface area contributed by atoms with E-state index in [0.29, 0.717) is 13.1 Å². The Hall–Kier alpha value is -0.930. The highest BCUT2D eigenvalue weighted by atomic mass is 19.1. The van der Waals surface area contributed by atoms with E-state index in [2.05, 4.69) is 0 Å². The molecule has 0 rings (SSSR count).